The Bertz CT molecular complexity index is 2110. The molecule has 0 saturated heterocycles. The van der Waals surface area contributed by atoms with Gasteiger partial charge in [0.25, 0.3) is 0 Å². The Kier molecular flexibility index (Phi) is 2.83. The molecule has 0 radical (unpaired) electrons. The molecule has 3 aromatic heterocycles. The molecular weight excluding hydrogens is 412 g/mol. The molecule has 0 unspecified atom stereocenters. The summed E-state index contributed by atoms with van der Waals surface area (Å²) >= 11 is 0. The average Bonchev–Trinajstić information content (AvgIpc) is 3.40. The zero-order chi connectivity index (χ0) is 22.0. The molecule has 0 fully saturated rings. The lowest BCUT2D eigenvalue weighted by Crippen LogP contribution is -1.99. The van der Waals surface area contributed by atoms with Crippen molar-refractivity contribution < 1.29 is 0 Å². The summed E-state index contributed by atoms with van der Waals surface area (Å²) in [5.74, 6) is 0. The molecule has 0 aliphatic carbocycles. The summed E-state index contributed by atoms with van der Waals surface area (Å²) in [6, 6.07) is 40.2. The van der Waals surface area contributed by atoms with E-state index < -0.39 is 0 Å². The first kappa shape index (κ1) is 17.0. The van der Waals surface area contributed by atoms with Gasteiger partial charge in [0.2, 0.25) is 0 Å². The van der Waals surface area contributed by atoms with Crippen molar-refractivity contribution in [1.82, 2.24) is 8.80 Å². The van der Waals surface area contributed by atoms with Crippen LogP contribution in [-0.2, 0) is 0 Å². The molecule has 0 spiro atoms. The van der Waals surface area contributed by atoms with Crippen LogP contribution in [0.5, 0.6) is 0 Å². The van der Waals surface area contributed by atoms with E-state index in [-0.39, 0.29) is 0 Å². The molecule has 0 aliphatic rings. The van der Waals surface area contributed by atoms with Gasteiger partial charge in [-0.2, -0.15) is 0 Å². The van der Waals surface area contributed by atoms with Crippen molar-refractivity contribution in [2.45, 2.75) is 0 Å². The van der Waals surface area contributed by atoms with Crippen LogP contribution in [0, 0.1) is 0 Å². The first-order valence-corrected chi connectivity index (χ1v) is 11.8. The van der Waals surface area contributed by atoms with E-state index in [4.69, 9.17) is 0 Å². The Balaban J connectivity index is 1.83. The summed E-state index contributed by atoms with van der Waals surface area (Å²) in [6.07, 6.45) is 0. The van der Waals surface area contributed by atoms with E-state index >= 15 is 0 Å². The second kappa shape index (κ2) is 5.67. The maximum atomic E-state index is 2.54. The third-order valence-corrected chi connectivity index (χ3v) is 7.76. The topological polar surface area (TPSA) is 8.82 Å². The molecule has 3 heterocycles. The number of rotatable bonds is 0. The van der Waals surface area contributed by atoms with Gasteiger partial charge in [-0.15, -0.1) is 0 Å². The molecule has 0 aliphatic heterocycles. The molecule has 0 bridgehead atoms. The van der Waals surface area contributed by atoms with Crippen LogP contribution in [-0.4, -0.2) is 8.80 Å². The van der Waals surface area contributed by atoms with E-state index in [1.165, 1.54) is 76.2 Å². The first-order chi connectivity index (χ1) is 16.9. The fourth-order valence-corrected chi connectivity index (χ4v) is 6.45. The maximum Gasteiger partial charge on any atom is 0.0790 e. The number of hydrogen-bond acceptors (Lipinski definition) is 0. The highest BCUT2D eigenvalue weighted by Crippen LogP contribution is 2.45. The van der Waals surface area contributed by atoms with Crippen molar-refractivity contribution in [2.24, 2.45) is 0 Å². The molecule has 0 amide bonds. The van der Waals surface area contributed by atoms with Crippen molar-refractivity contribution in [1.29, 1.82) is 0 Å². The van der Waals surface area contributed by atoms with Gasteiger partial charge in [-0.25, -0.2) is 0 Å². The monoisotopic (exact) mass is 430 g/mol. The number of para-hydroxylation sites is 2. The predicted molar refractivity (Wildman–Crippen MR) is 145 cm³/mol. The summed E-state index contributed by atoms with van der Waals surface area (Å²) in [5.41, 5.74) is 7.71. The molecule has 2 heteroatoms. The maximum absolute atomic E-state index is 2.54. The predicted octanol–water partition coefficient (Wildman–Crippen LogP) is 8.55. The summed E-state index contributed by atoms with van der Waals surface area (Å²) in [4.78, 5) is 0. The Hall–Kier alpha value is -4.56. The molecule has 2 nitrogen and oxygen atoms in total. The highest BCUT2D eigenvalue weighted by atomic mass is 15.0. The first-order valence-electron chi connectivity index (χ1n) is 11.8. The zero-order valence-electron chi connectivity index (χ0n) is 18.3. The van der Waals surface area contributed by atoms with Crippen LogP contribution in [0.2, 0.25) is 0 Å². The van der Waals surface area contributed by atoms with Gasteiger partial charge < -0.3 is 8.80 Å². The van der Waals surface area contributed by atoms with Gasteiger partial charge in [-0.1, -0.05) is 84.9 Å². The highest BCUT2D eigenvalue weighted by molar-refractivity contribution is 6.30. The third-order valence-electron chi connectivity index (χ3n) is 7.76. The van der Waals surface area contributed by atoms with Crippen molar-refractivity contribution in [2.75, 3.05) is 0 Å². The molecule has 0 N–H and O–H groups in total. The molecule has 34 heavy (non-hydrogen) atoms. The second-order valence-corrected chi connectivity index (χ2v) is 9.39. The molecule has 9 rings (SSSR count). The highest BCUT2D eigenvalue weighted by Gasteiger charge is 2.23. The minimum Gasteiger partial charge on any atom is -0.304 e. The molecule has 6 aromatic carbocycles. The van der Waals surface area contributed by atoms with Gasteiger partial charge >= 0.3 is 0 Å². The van der Waals surface area contributed by atoms with Crippen LogP contribution in [0.3, 0.4) is 0 Å². The van der Waals surface area contributed by atoms with Gasteiger partial charge in [0.1, 0.15) is 0 Å². The van der Waals surface area contributed by atoms with Gasteiger partial charge in [0.15, 0.2) is 0 Å². The van der Waals surface area contributed by atoms with Crippen molar-refractivity contribution in [3.63, 3.8) is 0 Å². The minimum atomic E-state index is 1.27. The molecule has 156 valence electrons. The Labute approximate surface area is 194 Å². The number of benzene rings is 6. The Morgan fingerprint density at radius 2 is 0.676 bits per heavy atom. The van der Waals surface area contributed by atoms with Gasteiger partial charge in [0, 0.05) is 32.3 Å². The number of nitrogens with zero attached hydrogens (tertiary/aromatic N) is 2. The van der Waals surface area contributed by atoms with Crippen molar-refractivity contribution >= 4 is 76.2 Å². The van der Waals surface area contributed by atoms with Crippen LogP contribution in [0.25, 0.3) is 76.2 Å². The van der Waals surface area contributed by atoms with Crippen molar-refractivity contribution in [3.8, 4) is 0 Å². The molecule has 0 saturated carbocycles. The van der Waals surface area contributed by atoms with E-state index in [0.717, 1.165) is 0 Å². The van der Waals surface area contributed by atoms with Crippen LogP contribution in [0.15, 0.2) is 109 Å². The van der Waals surface area contributed by atoms with Crippen LogP contribution >= 0.6 is 0 Å². The van der Waals surface area contributed by atoms with E-state index in [1.807, 2.05) is 0 Å². The standard InChI is InChI=1S/C32H18N2/c1-3-11-21-19(9-1)17-25-23-13-5-7-15-27(23)34-30-22-12-4-2-10-20(22)18-26-24-14-6-8-16-28(24)33(32(26)30)29(21)31(25)34/h1-18H. The SMILES string of the molecule is c1ccc2c(c1)cc1c3ccccc3n3c4c5ccccc5cc5c6ccccc6n(c2c13)c54. The number of fused-ring (bicyclic) bond motifs is 12. The molecule has 0 atom stereocenters. The second-order valence-electron chi connectivity index (χ2n) is 9.39. The molecular formula is C32H18N2. The van der Waals surface area contributed by atoms with Gasteiger partial charge in [0.05, 0.1) is 33.1 Å². The average molecular weight is 431 g/mol. The van der Waals surface area contributed by atoms with E-state index in [9.17, 15) is 0 Å². The van der Waals surface area contributed by atoms with Gasteiger partial charge in [-0.3, -0.25) is 0 Å². The fourth-order valence-electron chi connectivity index (χ4n) is 6.45. The lowest BCUT2D eigenvalue weighted by atomic mass is 10.0. The summed E-state index contributed by atoms with van der Waals surface area (Å²) < 4.78 is 5.08. The van der Waals surface area contributed by atoms with Crippen LogP contribution in [0.4, 0.5) is 0 Å². The third kappa shape index (κ3) is 1.79. The van der Waals surface area contributed by atoms with Crippen molar-refractivity contribution in [3.05, 3.63) is 109 Å². The largest absolute Gasteiger partial charge is 0.304 e. The van der Waals surface area contributed by atoms with E-state index in [1.54, 1.807) is 0 Å². The normalized spacial score (nSPS) is 12.7. The van der Waals surface area contributed by atoms with E-state index in [2.05, 4.69) is 118 Å². The summed E-state index contributed by atoms with van der Waals surface area (Å²) in [7, 11) is 0. The molecule has 9 aromatic rings. The van der Waals surface area contributed by atoms with E-state index in [0.29, 0.717) is 0 Å². The smallest absolute Gasteiger partial charge is 0.0790 e. The minimum absolute atomic E-state index is 1.27. The van der Waals surface area contributed by atoms with Gasteiger partial charge in [-0.05, 0) is 35.0 Å². The Morgan fingerprint density at radius 3 is 1.15 bits per heavy atom. The number of aromatic nitrogens is 2. The summed E-state index contributed by atoms with van der Waals surface area (Å²) in [6.45, 7) is 0. The quantitative estimate of drug-likeness (QED) is 0.168. The van der Waals surface area contributed by atoms with Crippen LogP contribution in [0.1, 0.15) is 0 Å². The van der Waals surface area contributed by atoms with Crippen LogP contribution < -0.4 is 0 Å². The summed E-state index contributed by atoms with van der Waals surface area (Å²) in [5, 5.41) is 10.4. The lowest BCUT2D eigenvalue weighted by molar-refractivity contribution is 1.27. The fraction of sp³-hybridized carbons (Fsp3) is 0. The Morgan fingerprint density at radius 1 is 0.324 bits per heavy atom. The zero-order valence-corrected chi connectivity index (χ0v) is 18.3. The lowest BCUT2D eigenvalue weighted by Gasteiger charge is -2.15. The number of hydrogen-bond donors (Lipinski definition) is 0.